The van der Waals surface area contributed by atoms with Crippen molar-refractivity contribution in [2.24, 2.45) is 0 Å². The van der Waals surface area contributed by atoms with Gasteiger partial charge in [-0.1, -0.05) is 49.6 Å². The molecular formula is C17H24N2O2. The Kier molecular flexibility index (Phi) is 4.76. The fourth-order valence-corrected chi connectivity index (χ4v) is 3.22. The number of carbonyl (C=O) groups is 1. The predicted octanol–water partition coefficient (Wildman–Crippen LogP) is 3.10. The van der Waals surface area contributed by atoms with Gasteiger partial charge in [0.2, 0.25) is 0 Å². The van der Waals surface area contributed by atoms with Gasteiger partial charge in [-0.3, -0.25) is 0 Å². The summed E-state index contributed by atoms with van der Waals surface area (Å²) in [5.74, 6) is 0. The maximum Gasteiger partial charge on any atom is 0.317 e. The molecule has 1 atom stereocenters. The molecule has 4 nitrogen and oxygen atoms in total. The third kappa shape index (κ3) is 3.76. The van der Waals surface area contributed by atoms with E-state index < -0.39 is 0 Å². The second-order valence-corrected chi connectivity index (χ2v) is 6.00. The van der Waals surface area contributed by atoms with E-state index >= 15 is 0 Å². The molecule has 2 fully saturated rings. The molecule has 1 N–H and O–H groups in total. The molecule has 2 aliphatic rings. The van der Waals surface area contributed by atoms with Crippen LogP contribution < -0.4 is 5.32 Å². The van der Waals surface area contributed by atoms with E-state index in [1.54, 1.807) is 0 Å². The molecule has 4 heteroatoms. The molecular weight excluding hydrogens is 264 g/mol. The second kappa shape index (κ2) is 6.94. The minimum Gasteiger partial charge on any atom is -0.370 e. The topological polar surface area (TPSA) is 41.6 Å². The van der Waals surface area contributed by atoms with Gasteiger partial charge >= 0.3 is 6.03 Å². The van der Waals surface area contributed by atoms with Crippen LogP contribution in [0.5, 0.6) is 0 Å². The lowest BCUT2D eigenvalue weighted by Crippen LogP contribution is -2.50. The minimum absolute atomic E-state index is 0.00273. The zero-order valence-electron chi connectivity index (χ0n) is 12.5. The van der Waals surface area contributed by atoms with Gasteiger partial charge in [-0.2, -0.15) is 0 Å². The van der Waals surface area contributed by atoms with Crippen LogP contribution in [-0.2, 0) is 4.74 Å². The van der Waals surface area contributed by atoms with E-state index in [1.165, 1.54) is 19.3 Å². The highest BCUT2D eigenvalue weighted by Gasteiger charge is 2.26. The summed E-state index contributed by atoms with van der Waals surface area (Å²) in [7, 11) is 0. The number of benzene rings is 1. The molecule has 1 aliphatic carbocycles. The van der Waals surface area contributed by atoms with Crippen LogP contribution in [0.15, 0.2) is 30.3 Å². The molecule has 114 valence electrons. The van der Waals surface area contributed by atoms with Crippen molar-refractivity contribution >= 4 is 6.03 Å². The lowest BCUT2D eigenvalue weighted by Gasteiger charge is -2.34. The van der Waals surface area contributed by atoms with Crippen LogP contribution in [0.2, 0.25) is 0 Å². The van der Waals surface area contributed by atoms with Gasteiger partial charge in [-0.05, 0) is 18.4 Å². The van der Waals surface area contributed by atoms with Crippen molar-refractivity contribution in [3.05, 3.63) is 35.9 Å². The molecule has 1 aromatic carbocycles. The zero-order chi connectivity index (χ0) is 14.5. The van der Waals surface area contributed by atoms with Crippen molar-refractivity contribution in [1.82, 2.24) is 10.2 Å². The molecule has 3 rings (SSSR count). The third-order valence-corrected chi connectivity index (χ3v) is 4.46. The maximum absolute atomic E-state index is 12.4. The van der Waals surface area contributed by atoms with Gasteiger partial charge in [0.25, 0.3) is 0 Å². The first-order valence-electron chi connectivity index (χ1n) is 8.05. The summed E-state index contributed by atoms with van der Waals surface area (Å²) in [6.07, 6.45) is 6.02. The maximum atomic E-state index is 12.4. The standard InChI is InChI=1S/C17H24N2O2/c20-17(18-15-9-5-2-6-10-15)19-11-12-21-16(13-19)14-7-3-1-4-8-14/h1,3-4,7-8,15-16H,2,5-6,9-13H2,(H,18,20). The molecule has 0 radical (unpaired) electrons. The van der Waals surface area contributed by atoms with Gasteiger partial charge in [0.05, 0.1) is 13.2 Å². The summed E-state index contributed by atoms with van der Waals surface area (Å²) in [6, 6.07) is 10.6. The van der Waals surface area contributed by atoms with Gasteiger partial charge in [0.15, 0.2) is 0 Å². The number of hydrogen-bond donors (Lipinski definition) is 1. The molecule has 0 bridgehead atoms. The summed E-state index contributed by atoms with van der Waals surface area (Å²) in [4.78, 5) is 14.3. The molecule has 2 amide bonds. The highest BCUT2D eigenvalue weighted by Crippen LogP contribution is 2.22. The first kappa shape index (κ1) is 14.4. The average Bonchev–Trinajstić information content (AvgIpc) is 2.57. The summed E-state index contributed by atoms with van der Waals surface area (Å²) < 4.78 is 5.81. The first-order valence-corrected chi connectivity index (χ1v) is 8.05. The van der Waals surface area contributed by atoms with Crippen molar-refractivity contribution in [2.45, 2.75) is 44.2 Å². The zero-order valence-corrected chi connectivity index (χ0v) is 12.5. The molecule has 1 saturated heterocycles. The molecule has 1 saturated carbocycles. The summed E-state index contributed by atoms with van der Waals surface area (Å²) in [5, 5.41) is 3.19. The number of ether oxygens (including phenoxy) is 1. The number of amides is 2. The molecule has 0 aromatic heterocycles. The minimum atomic E-state index is -0.00273. The van der Waals surface area contributed by atoms with Crippen molar-refractivity contribution in [3.8, 4) is 0 Å². The number of carbonyl (C=O) groups excluding carboxylic acids is 1. The van der Waals surface area contributed by atoms with Gasteiger partial charge in [0, 0.05) is 12.6 Å². The number of rotatable bonds is 2. The van der Waals surface area contributed by atoms with Crippen LogP contribution in [0.4, 0.5) is 4.79 Å². The second-order valence-electron chi connectivity index (χ2n) is 6.00. The van der Waals surface area contributed by atoms with Crippen LogP contribution in [-0.4, -0.2) is 36.7 Å². The van der Waals surface area contributed by atoms with Crippen molar-refractivity contribution in [2.75, 3.05) is 19.7 Å². The molecule has 21 heavy (non-hydrogen) atoms. The predicted molar refractivity (Wildman–Crippen MR) is 82.1 cm³/mol. The van der Waals surface area contributed by atoms with Crippen LogP contribution in [0.1, 0.15) is 43.8 Å². The van der Waals surface area contributed by atoms with Crippen molar-refractivity contribution in [1.29, 1.82) is 0 Å². The number of nitrogens with one attached hydrogen (secondary N) is 1. The summed E-state index contributed by atoms with van der Waals surface area (Å²) in [5.41, 5.74) is 1.15. The Morgan fingerprint density at radius 3 is 2.67 bits per heavy atom. The Morgan fingerprint density at radius 2 is 1.90 bits per heavy atom. The van der Waals surface area contributed by atoms with Crippen molar-refractivity contribution < 1.29 is 9.53 Å². The third-order valence-electron chi connectivity index (χ3n) is 4.46. The number of hydrogen-bond acceptors (Lipinski definition) is 2. The highest BCUT2D eigenvalue weighted by molar-refractivity contribution is 5.74. The molecule has 1 aliphatic heterocycles. The molecule has 1 unspecified atom stereocenters. The quantitative estimate of drug-likeness (QED) is 0.908. The first-order chi connectivity index (χ1) is 10.3. The fourth-order valence-electron chi connectivity index (χ4n) is 3.22. The molecule has 1 aromatic rings. The Balaban J connectivity index is 1.56. The summed E-state index contributed by atoms with van der Waals surface area (Å²) in [6.45, 7) is 1.93. The van der Waals surface area contributed by atoms with E-state index in [9.17, 15) is 4.79 Å². The van der Waals surface area contributed by atoms with E-state index in [0.29, 0.717) is 25.7 Å². The SMILES string of the molecule is O=C(NC1CCCCC1)N1CCOC(c2ccccc2)C1. The highest BCUT2D eigenvalue weighted by atomic mass is 16.5. The fraction of sp³-hybridized carbons (Fsp3) is 0.588. The van der Waals surface area contributed by atoms with Gasteiger partial charge in [-0.25, -0.2) is 4.79 Å². The normalized spacial score (nSPS) is 23.8. The number of nitrogens with zero attached hydrogens (tertiary/aromatic N) is 1. The van der Waals surface area contributed by atoms with Crippen LogP contribution in [0.25, 0.3) is 0 Å². The largest absolute Gasteiger partial charge is 0.370 e. The smallest absolute Gasteiger partial charge is 0.317 e. The molecule has 0 spiro atoms. The van der Waals surface area contributed by atoms with Crippen molar-refractivity contribution in [3.63, 3.8) is 0 Å². The van der Waals surface area contributed by atoms with Gasteiger partial charge < -0.3 is 15.0 Å². The average molecular weight is 288 g/mol. The van der Waals surface area contributed by atoms with E-state index in [0.717, 1.165) is 18.4 Å². The van der Waals surface area contributed by atoms with E-state index in [-0.39, 0.29) is 12.1 Å². The summed E-state index contributed by atoms with van der Waals surface area (Å²) >= 11 is 0. The number of urea groups is 1. The Bertz CT molecular complexity index is 457. The molecule has 1 heterocycles. The van der Waals surface area contributed by atoms with E-state index in [2.05, 4.69) is 17.4 Å². The lowest BCUT2D eigenvalue weighted by molar-refractivity contribution is -0.0159. The van der Waals surface area contributed by atoms with Gasteiger partial charge in [-0.15, -0.1) is 0 Å². The van der Waals surface area contributed by atoms with Gasteiger partial charge in [0.1, 0.15) is 6.10 Å². The Labute approximate surface area is 126 Å². The van der Waals surface area contributed by atoms with Crippen LogP contribution in [0, 0.1) is 0 Å². The Morgan fingerprint density at radius 1 is 1.14 bits per heavy atom. The number of morpholine rings is 1. The monoisotopic (exact) mass is 288 g/mol. The van der Waals surface area contributed by atoms with E-state index in [1.807, 2.05) is 23.1 Å². The lowest BCUT2D eigenvalue weighted by atomic mass is 9.96. The van der Waals surface area contributed by atoms with E-state index in [4.69, 9.17) is 4.74 Å². The van der Waals surface area contributed by atoms with Crippen LogP contribution >= 0.6 is 0 Å². The Hall–Kier alpha value is -1.55. The van der Waals surface area contributed by atoms with Crippen LogP contribution in [0.3, 0.4) is 0 Å².